The van der Waals surface area contributed by atoms with Crippen molar-refractivity contribution < 1.29 is 14.3 Å². The molecule has 2 aromatic carbocycles. The molecule has 2 heterocycles. The van der Waals surface area contributed by atoms with Crippen LogP contribution < -0.4 is 10.1 Å². The van der Waals surface area contributed by atoms with Gasteiger partial charge >= 0.3 is 0 Å². The molecule has 1 aromatic heterocycles. The van der Waals surface area contributed by atoms with E-state index in [0.717, 1.165) is 47.7 Å². The molecule has 3 aromatic rings. The summed E-state index contributed by atoms with van der Waals surface area (Å²) in [5.41, 5.74) is 5.05. The zero-order valence-electron chi connectivity index (χ0n) is 19.1. The van der Waals surface area contributed by atoms with Crippen molar-refractivity contribution in [3.63, 3.8) is 0 Å². The van der Waals surface area contributed by atoms with Gasteiger partial charge in [0.25, 0.3) is 0 Å². The van der Waals surface area contributed by atoms with Crippen LogP contribution in [0.5, 0.6) is 11.6 Å². The van der Waals surface area contributed by atoms with Gasteiger partial charge in [-0.2, -0.15) is 9.78 Å². The number of aromatic nitrogens is 2. The first kappa shape index (κ1) is 22.1. The number of ether oxygens (including phenoxy) is 2. The number of hydrogen-bond acceptors (Lipinski definition) is 4. The molecule has 32 heavy (non-hydrogen) atoms. The van der Waals surface area contributed by atoms with E-state index in [1.807, 2.05) is 61.0 Å². The lowest BCUT2D eigenvalue weighted by atomic mass is 10.1. The maximum Gasteiger partial charge on any atom is 0.226 e. The fourth-order valence-electron chi connectivity index (χ4n) is 3.97. The maximum atomic E-state index is 12.5. The Morgan fingerprint density at radius 1 is 1.16 bits per heavy atom. The van der Waals surface area contributed by atoms with E-state index in [1.54, 1.807) is 0 Å². The van der Waals surface area contributed by atoms with Gasteiger partial charge in [0.2, 0.25) is 11.8 Å². The second kappa shape index (κ2) is 10.0. The molecule has 1 atom stereocenters. The minimum Gasteiger partial charge on any atom is -0.439 e. The van der Waals surface area contributed by atoms with Crippen molar-refractivity contribution in [2.24, 2.45) is 0 Å². The zero-order valence-corrected chi connectivity index (χ0v) is 19.1. The molecule has 0 unspecified atom stereocenters. The molecule has 1 N–H and O–H groups in total. The molecule has 1 fully saturated rings. The molecule has 1 aliphatic rings. The molecule has 0 spiro atoms. The second-order valence-electron chi connectivity index (χ2n) is 8.42. The third-order valence-electron chi connectivity index (χ3n) is 5.87. The quantitative estimate of drug-likeness (QED) is 0.553. The largest absolute Gasteiger partial charge is 0.439 e. The highest BCUT2D eigenvalue weighted by Crippen LogP contribution is 2.32. The van der Waals surface area contributed by atoms with E-state index in [2.05, 4.69) is 18.3 Å². The Bertz CT molecular complexity index is 1070. The number of rotatable bonds is 8. The summed E-state index contributed by atoms with van der Waals surface area (Å²) < 4.78 is 13.8. The average Bonchev–Trinajstić information content (AvgIpc) is 3.41. The summed E-state index contributed by atoms with van der Waals surface area (Å²) in [5.74, 6) is 1.42. The summed E-state index contributed by atoms with van der Waals surface area (Å²) in [7, 11) is 0. The van der Waals surface area contributed by atoms with Crippen molar-refractivity contribution in [2.45, 2.75) is 52.6 Å². The Hall–Kier alpha value is -3.12. The minimum atomic E-state index is 0.0184. The number of carbonyl (C=O) groups excluding carboxylic acids is 1. The van der Waals surface area contributed by atoms with Crippen LogP contribution in [-0.4, -0.2) is 34.9 Å². The number of carbonyl (C=O) groups is 1. The van der Waals surface area contributed by atoms with Gasteiger partial charge in [-0.05, 0) is 63.8 Å². The van der Waals surface area contributed by atoms with E-state index in [1.165, 1.54) is 5.56 Å². The van der Waals surface area contributed by atoms with E-state index in [0.29, 0.717) is 25.3 Å². The first-order chi connectivity index (χ1) is 15.5. The van der Waals surface area contributed by atoms with Gasteiger partial charge < -0.3 is 14.8 Å². The molecule has 4 rings (SSSR count). The summed E-state index contributed by atoms with van der Waals surface area (Å²) >= 11 is 0. The van der Waals surface area contributed by atoms with Crippen LogP contribution in [0.3, 0.4) is 0 Å². The van der Waals surface area contributed by atoms with Crippen LogP contribution in [0.1, 0.15) is 41.6 Å². The van der Waals surface area contributed by atoms with Crippen LogP contribution >= 0.6 is 0 Å². The van der Waals surface area contributed by atoms with Gasteiger partial charge in [0.15, 0.2) is 0 Å². The molecule has 0 saturated carbocycles. The van der Waals surface area contributed by atoms with Crippen molar-refractivity contribution in [1.29, 1.82) is 0 Å². The highest BCUT2D eigenvalue weighted by molar-refractivity contribution is 5.76. The summed E-state index contributed by atoms with van der Waals surface area (Å²) in [6.45, 7) is 7.44. The number of benzene rings is 2. The highest BCUT2D eigenvalue weighted by Gasteiger charge is 2.21. The van der Waals surface area contributed by atoms with Crippen LogP contribution in [0.4, 0.5) is 0 Å². The third kappa shape index (κ3) is 5.19. The first-order valence-corrected chi connectivity index (χ1v) is 11.3. The lowest BCUT2D eigenvalue weighted by Crippen LogP contribution is -2.31. The molecule has 1 saturated heterocycles. The van der Waals surface area contributed by atoms with E-state index >= 15 is 0 Å². The van der Waals surface area contributed by atoms with Gasteiger partial charge in [-0.25, -0.2) is 0 Å². The number of para-hydroxylation sites is 1. The molecule has 1 amide bonds. The van der Waals surface area contributed by atoms with Gasteiger partial charge in [0.05, 0.1) is 17.5 Å². The van der Waals surface area contributed by atoms with Gasteiger partial charge in [-0.15, -0.1) is 0 Å². The van der Waals surface area contributed by atoms with Crippen molar-refractivity contribution in [3.8, 4) is 17.3 Å². The standard InChI is InChI=1S/C26H31N3O3/c1-18-10-12-21(13-11-18)32-26-23(14-15-25(30)27-17-22-8-6-16-31-22)20(3)28-29(26)24-9-5-4-7-19(24)2/h4-5,7,9-13,22H,6,8,14-17H2,1-3H3,(H,27,30)/t22-/m0/s1. The maximum absolute atomic E-state index is 12.5. The monoisotopic (exact) mass is 433 g/mol. The highest BCUT2D eigenvalue weighted by atomic mass is 16.5. The topological polar surface area (TPSA) is 65.4 Å². The molecule has 6 nitrogen and oxygen atoms in total. The summed E-state index contributed by atoms with van der Waals surface area (Å²) in [4.78, 5) is 12.5. The van der Waals surface area contributed by atoms with Crippen LogP contribution in [0, 0.1) is 20.8 Å². The van der Waals surface area contributed by atoms with Crippen LogP contribution in [-0.2, 0) is 16.0 Å². The number of hydrogen-bond donors (Lipinski definition) is 1. The third-order valence-corrected chi connectivity index (χ3v) is 5.87. The van der Waals surface area contributed by atoms with Crippen molar-refractivity contribution in [2.75, 3.05) is 13.2 Å². The van der Waals surface area contributed by atoms with Gasteiger partial charge in [-0.3, -0.25) is 4.79 Å². The Morgan fingerprint density at radius 2 is 1.94 bits per heavy atom. The van der Waals surface area contributed by atoms with Crippen LogP contribution in [0.15, 0.2) is 48.5 Å². The minimum absolute atomic E-state index is 0.0184. The summed E-state index contributed by atoms with van der Waals surface area (Å²) in [5, 5.41) is 7.79. The molecule has 0 bridgehead atoms. The van der Waals surface area contributed by atoms with Gasteiger partial charge in [-0.1, -0.05) is 35.9 Å². The molecular weight excluding hydrogens is 402 g/mol. The molecule has 0 aliphatic carbocycles. The number of amides is 1. The lowest BCUT2D eigenvalue weighted by Gasteiger charge is -2.13. The van der Waals surface area contributed by atoms with E-state index in [4.69, 9.17) is 14.6 Å². The average molecular weight is 434 g/mol. The number of nitrogens with zero attached hydrogens (tertiary/aromatic N) is 2. The smallest absolute Gasteiger partial charge is 0.226 e. The number of aryl methyl sites for hydroxylation is 3. The van der Waals surface area contributed by atoms with Gasteiger partial charge in [0, 0.05) is 25.1 Å². The fraction of sp³-hybridized carbons (Fsp3) is 0.385. The fourth-order valence-corrected chi connectivity index (χ4v) is 3.97. The molecule has 168 valence electrons. The first-order valence-electron chi connectivity index (χ1n) is 11.3. The predicted molar refractivity (Wildman–Crippen MR) is 125 cm³/mol. The van der Waals surface area contributed by atoms with Crippen molar-refractivity contribution in [1.82, 2.24) is 15.1 Å². The van der Waals surface area contributed by atoms with Crippen LogP contribution in [0.25, 0.3) is 5.69 Å². The molecule has 0 radical (unpaired) electrons. The van der Waals surface area contributed by atoms with E-state index in [-0.39, 0.29) is 12.0 Å². The number of nitrogens with one attached hydrogen (secondary N) is 1. The Balaban J connectivity index is 1.56. The summed E-state index contributed by atoms with van der Waals surface area (Å²) in [6, 6.07) is 16.0. The summed E-state index contributed by atoms with van der Waals surface area (Å²) in [6.07, 6.45) is 3.15. The second-order valence-corrected chi connectivity index (χ2v) is 8.42. The molecule has 6 heteroatoms. The normalized spacial score (nSPS) is 15.7. The van der Waals surface area contributed by atoms with E-state index < -0.39 is 0 Å². The zero-order chi connectivity index (χ0) is 22.5. The van der Waals surface area contributed by atoms with Gasteiger partial charge in [0.1, 0.15) is 5.75 Å². The Labute approximate surface area is 189 Å². The predicted octanol–water partition coefficient (Wildman–Crippen LogP) is 4.82. The van der Waals surface area contributed by atoms with Crippen molar-refractivity contribution >= 4 is 5.91 Å². The van der Waals surface area contributed by atoms with Crippen molar-refractivity contribution in [3.05, 3.63) is 70.9 Å². The lowest BCUT2D eigenvalue weighted by molar-refractivity contribution is -0.121. The van der Waals surface area contributed by atoms with Crippen LogP contribution in [0.2, 0.25) is 0 Å². The van der Waals surface area contributed by atoms with E-state index in [9.17, 15) is 4.79 Å². The molecular formula is C26H31N3O3. The molecule has 1 aliphatic heterocycles. The SMILES string of the molecule is Cc1ccc(Oc2c(CCC(=O)NC[C@@H]3CCCO3)c(C)nn2-c2ccccc2C)cc1. The Kier molecular flexibility index (Phi) is 6.90. The Morgan fingerprint density at radius 3 is 2.66 bits per heavy atom.